The van der Waals surface area contributed by atoms with Crippen molar-refractivity contribution in [3.05, 3.63) is 59.4 Å². The molecule has 0 aliphatic rings. The van der Waals surface area contributed by atoms with Crippen LogP contribution >= 0.6 is 0 Å². The Kier molecular flexibility index (Phi) is 5.02. The summed E-state index contributed by atoms with van der Waals surface area (Å²) in [6.45, 7) is 0.780. The third kappa shape index (κ3) is 3.88. The molecule has 1 aromatic heterocycles. The summed E-state index contributed by atoms with van der Waals surface area (Å²) >= 11 is 0. The maximum atomic E-state index is 12.3. The molecule has 0 radical (unpaired) electrons. The number of hydrogen-bond donors (Lipinski definition) is 1. The number of amides is 1. The van der Waals surface area contributed by atoms with Crippen LogP contribution in [-0.2, 0) is 6.54 Å². The Labute approximate surface area is 123 Å². The van der Waals surface area contributed by atoms with E-state index in [4.69, 9.17) is 5.73 Å². The summed E-state index contributed by atoms with van der Waals surface area (Å²) in [7, 11) is 1.75. The Hall–Kier alpha value is -2.71. The van der Waals surface area contributed by atoms with Crippen molar-refractivity contribution in [3.63, 3.8) is 0 Å². The second-order valence-electron chi connectivity index (χ2n) is 4.46. The van der Waals surface area contributed by atoms with E-state index >= 15 is 0 Å². The molecule has 1 heterocycles. The summed E-state index contributed by atoms with van der Waals surface area (Å²) in [5.41, 5.74) is 7.78. The van der Waals surface area contributed by atoms with Crippen molar-refractivity contribution in [2.45, 2.75) is 6.54 Å². The van der Waals surface area contributed by atoms with Gasteiger partial charge in [-0.3, -0.25) is 4.79 Å². The number of aromatic nitrogens is 2. The van der Waals surface area contributed by atoms with Crippen LogP contribution in [0.3, 0.4) is 0 Å². The molecule has 0 spiro atoms. The maximum Gasteiger partial charge on any atom is 0.255 e. The lowest BCUT2D eigenvalue weighted by atomic mass is 10.1. The van der Waals surface area contributed by atoms with Gasteiger partial charge in [0.05, 0.1) is 24.5 Å². The zero-order valence-corrected chi connectivity index (χ0v) is 11.8. The van der Waals surface area contributed by atoms with Crippen LogP contribution in [0.1, 0.15) is 21.5 Å². The van der Waals surface area contributed by atoms with Gasteiger partial charge in [0.1, 0.15) is 0 Å². The highest BCUT2D eigenvalue weighted by Gasteiger charge is 2.13. The van der Waals surface area contributed by atoms with Gasteiger partial charge in [-0.15, -0.1) is 0 Å². The monoisotopic (exact) mass is 280 g/mol. The number of carbonyl (C=O) groups excluding carboxylic acids is 1. The lowest BCUT2D eigenvalue weighted by Crippen LogP contribution is -2.26. The number of nitrogens with zero attached hydrogens (tertiary/aromatic N) is 3. The van der Waals surface area contributed by atoms with Gasteiger partial charge in [0.15, 0.2) is 0 Å². The molecule has 0 aliphatic carbocycles. The second kappa shape index (κ2) is 7.17. The average molecular weight is 280 g/mol. The van der Waals surface area contributed by atoms with E-state index in [-0.39, 0.29) is 5.91 Å². The van der Waals surface area contributed by atoms with Crippen LogP contribution in [0.5, 0.6) is 0 Å². The first-order valence-electron chi connectivity index (χ1n) is 6.51. The molecular formula is C16H16N4O. The van der Waals surface area contributed by atoms with Crippen molar-refractivity contribution in [1.82, 2.24) is 15.1 Å². The SMILES string of the molecule is CN(Cc1ccccc1C#CCN)C(=O)c1ccnnc1. The first-order chi connectivity index (χ1) is 10.2. The van der Waals surface area contributed by atoms with Gasteiger partial charge in [0.2, 0.25) is 0 Å². The first-order valence-corrected chi connectivity index (χ1v) is 6.51. The topological polar surface area (TPSA) is 72.1 Å². The Balaban J connectivity index is 2.16. The van der Waals surface area contributed by atoms with Crippen LogP contribution in [0.4, 0.5) is 0 Å². The summed E-state index contributed by atoms with van der Waals surface area (Å²) in [6.07, 6.45) is 2.96. The summed E-state index contributed by atoms with van der Waals surface area (Å²) in [5.74, 6) is 5.75. The molecule has 0 aliphatic heterocycles. The number of carbonyl (C=O) groups is 1. The van der Waals surface area contributed by atoms with Gasteiger partial charge in [-0.05, 0) is 17.7 Å². The minimum Gasteiger partial charge on any atom is -0.337 e. The quantitative estimate of drug-likeness (QED) is 0.853. The van der Waals surface area contributed by atoms with Crippen molar-refractivity contribution in [2.75, 3.05) is 13.6 Å². The highest BCUT2D eigenvalue weighted by Crippen LogP contribution is 2.11. The molecule has 0 bridgehead atoms. The molecule has 2 rings (SSSR count). The van der Waals surface area contributed by atoms with Gasteiger partial charge < -0.3 is 10.6 Å². The van der Waals surface area contributed by atoms with Gasteiger partial charge in [-0.25, -0.2) is 0 Å². The first kappa shape index (κ1) is 14.7. The van der Waals surface area contributed by atoms with E-state index in [9.17, 15) is 4.79 Å². The molecule has 106 valence electrons. The van der Waals surface area contributed by atoms with E-state index in [1.807, 2.05) is 24.3 Å². The third-order valence-corrected chi connectivity index (χ3v) is 2.93. The van der Waals surface area contributed by atoms with Gasteiger partial charge in [0.25, 0.3) is 5.91 Å². The molecule has 1 aromatic carbocycles. The third-order valence-electron chi connectivity index (χ3n) is 2.93. The highest BCUT2D eigenvalue weighted by atomic mass is 16.2. The normalized spacial score (nSPS) is 9.62. The van der Waals surface area contributed by atoms with E-state index in [0.29, 0.717) is 18.7 Å². The number of rotatable bonds is 3. The van der Waals surface area contributed by atoms with Gasteiger partial charge in [0, 0.05) is 19.2 Å². The molecule has 5 heteroatoms. The molecule has 0 saturated carbocycles. The molecule has 0 unspecified atom stereocenters. The number of hydrogen-bond acceptors (Lipinski definition) is 4. The average Bonchev–Trinajstić information content (AvgIpc) is 2.54. The Morgan fingerprint density at radius 3 is 2.81 bits per heavy atom. The number of benzene rings is 1. The maximum absolute atomic E-state index is 12.3. The summed E-state index contributed by atoms with van der Waals surface area (Å²) in [6, 6.07) is 9.36. The van der Waals surface area contributed by atoms with Crippen LogP contribution in [0.2, 0.25) is 0 Å². The molecule has 2 aromatic rings. The van der Waals surface area contributed by atoms with Crippen LogP contribution < -0.4 is 5.73 Å². The number of nitrogens with two attached hydrogens (primary N) is 1. The minimum atomic E-state index is -0.105. The van der Waals surface area contributed by atoms with E-state index < -0.39 is 0 Å². The fourth-order valence-electron chi connectivity index (χ4n) is 1.89. The van der Waals surface area contributed by atoms with Gasteiger partial charge >= 0.3 is 0 Å². The van der Waals surface area contributed by atoms with Crippen molar-refractivity contribution in [2.24, 2.45) is 5.73 Å². The zero-order chi connectivity index (χ0) is 15.1. The summed E-state index contributed by atoms with van der Waals surface area (Å²) in [5, 5.41) is 7.39. The van der Waals surface area contributed by atoms with Crippen LogP contribution in [0.15, 0.2) is 42.7 Å². The molecule has 1 amide bonds. The summed E-state index contributed by atoms with van der Waals surface area (Å²) in [4.78, 5) is 13.9. The van der Waals surface area contributed by atoms with Gasteiger partial charge in [-0.2, -0.15) is 10.2 Å². The van der Waals surface area contributed by atoms with Crippen molar-refractivity contribution in [1.29, 1.82) is 0 Å². The standard InChI is InChI=1S/C16H16N4O/c1-20(16(21)14-8-10-18-19-11-14)12-15-6-3-2-5-13(15)7-4-9-17/h2-3,5-6,8,10-11H,9,12,17H2,1H3. The lowest BCUT2D eigenvalue weighted by Gasteiger charge is -2.18. The highest BCUT2D eigenvalue weighted by molar-refractivity contribution is 5.93. The minimum absolute atomic E-state index is 0.105. The van der Waals surface area contributed by atoms with Crippen molar-refractivity contribution in [3.8, 4) is 11.8 Å². The van der Waals surface area contributed by atoms with E-state index in [2.05, 4.69) is 22.0 Å². The fourth-order valence-corrected chi connectivity index (χ4v) is 1.89. The Morgan fingerprint density at radius 1 is 1.29 bits per heavy atom. The van der Waals surface area contributed by atoms with Crippen LogP contribution in [-0.4, -0.2) is 34.6 Å². The van der Waals surface area contributed by atoms with E-state index in [1.54, 1.807) is 18.0 Å². The smallest absolute Gasteiger partial charge is 0.255 e. The predicted molar refractivity (Wildman–Crippen MR) is 80.2 cm³/mol. The molecule has 5 nitrogen and oxygen atoms in total. The Morgan fingerprint density at radius 2 is 2.10 bits per heavy atom. The molecule has 0 atom stereocenters. The Bertz CT molecular complexity index is 673. The summed E-state index contributed by atoms with van der Waals surface area (Å²) < 4.78 is 0. The van der Waals surface area contributed by atoms with Crippen LogP contribution in [0, 0.1) is 11.8 Å². The second-order valence-corrected chi connectivity index (χ2v) is 4.46. The zero-order valence-electron chi connectivity index (χ0n) is 11.8. The fraction of sp³-hybridized carbons (Fsp3) is 0.188. The molecule has 0 saturated heterocycles. The molecule has 2 N–H and O–H groups in total. The lowest BCUT2D eigenvalue weighted by molar-refractivity contribution is 0.0784. The van der Waals surface area contributed by atoms with Crippen molar-refractivity contribution >= 4 is 5.91 Å². The van der Waals surface area contributed by atoms with Crippen LogP contribution in [0.25, 0.3) is 0 Å². The largest absolute Gasteiger partial charge is 0.337 e. The van der Waals surface area contributed by atoms with Crippen molar-refractivity contribution < 1.29 is 4.79 Å². The van der Waals surface area contributed by atoms with Gasteiger partial charge in [-0.1, -0.05) is 30.0 Å². The molecule has 21 heavy (non-hydrogen) atoms. The molecular weight excluding hydrogens is 264 g/mol. The van der Waals surface area contributed by atoms with E-state index in [1.165, 1.54) is 12.4 Å². The molecule has 0 fully saturated rings. The predicted octanol–water partition coefficient (Wildman–Crippen LogP) is 1.06. The van der Waals surface area contributed by atoms with E-state index in [0.717, 1.165) is 11.1 Å².